The van der Waals surface area contributed by atoms with Crippen LogP contribution >= 0.6 is 24.8 Å². The third kappa shape index (κ3) is 6.74. The lowest BCUT2D eigenvalue weighted by atomic mass is 10.1. The summed E-state index contributed by atoms with van der Waals surface area (Å²) in [5, 5.41) is 11.9. The van der Waals surface area contributed by atoms with E-state index in [-0.39, 0.29) is 42.7 Å². The van der Waals surface area contributed by atoms with Gasteiger partial charge in [0.1, 0.15) is 6.04 Å². The molecule has 8 heteroatoms. The largest absolute Gasteiger partial charge is 0.480 e. The standard InChI is InChI=1S/C12H23N3O3.2ClH/c1-3-9(5-14-8(2)16)6-15-7-10(13)4-11(15)12(17)18;;/h9-11H,3-7,13H2,1-2H3,(H,14,16)(H,17,18);2*1H/t9?,10-,11-;;/m1../s1. The predicted octanol–water partition coefficient (Wildman–Crippen LogP) is 0.479. The van der Waals surface area contributed by atoms with Crippen molar-refractivity contribution in [2.45, 2.75) is 38.8 Å². The summed E-state index contributed by atoms with van der Waals surface area (Å²) in [4.78, 5) is 23.9. The Morgan fingerprint density at radius 2 is 2.05 bits per heavy atom. The molecular formula is C12H25Cl2N3O3. The Balaban J connectivity index is 0. The molecule has 6 nitrogen and oxygen atoms in total. The smallest absolute Gasteiger partial charge is 0.320 e. The monoisotopic (exact) mass is 329 g/mol. The van der Waals surface area contributed by atoms with Gasteiger partial charge in [0, 0.05) is 32.6 Å². The van der Waals surface area contributed by atoms with E-state index in [9.17, 15) is 9.59 Å². The van der Waals surface area contributed by atoms with Crippen LogP contribution in [0.25, 0.3) is 0 Å². The summed E-state index contributed by atoms with van der Waals surface area (Å²) in [6, 6.07) is -0.546. The second-order valence-electron chi connectivity index (χ2n) is 5.02. The van der Waals surface area contributed by atoms with Crippen molar-refractivity contribution in [2.75, 3.05) is 19.6 Å². The summed E-state index contributed by atoms with van der Waals surface area (Å²) in [5.74, 6) is -0.597. The van der Waals surface area contributed by atoms with Crippen LogP contribution in [0.4, 0.5) is 0 Å². The fourth-order valence-electron chi connectivity index (χ4n) is 2.36. The van der Waals surface area contributed by atoms with Gasteiger partial charge in [0.2, 0.25) is 5.91 Å². The molecule has 0 saturated carbocycles. The van der Waals surface area contributed by atoms with Crippen LogP contribution in [0.2, 0.25) is 0 Å². The minimum Gasteiger partial charge on any atom is -0.480 e. The van der Waals surface area contributed by atoms with Gasteiger partial charge in [-0.25, -0.2) is 0 Å². The van der Waals surface area contributed by atoms with Gasteiger partial charge in [-0.3, -0.25) is 14.5 Å². The number of aliphatic carboxylic acids is 1. The summed E-state index contributed by atoms with van der Waals surface area (Å²) < 4.78 is 0. The Morgan fingerprint density at radius 3 is 2.50 bits per heavy atom. The van der Waals surface area contributed by atoms with E-state index < -0.39 is 12.0 Å². The van der Waals surface area contributed by atoms with Crippen molar-refractivity contribution in [3.63, 3.8) is 0 Å². The SMILES string of the molecule is CCC(CNC(C)=O)CN1C[C@H](N)C[C@@H]1C(=O)O.Cl.Cl. The highest BCUT2D eigenvalue weighted by Gasteiger charge is 2.35. The van der Waals surface area contributed by atoms with Crippen molar-refractivity contribution in [3.8, 4) is 0 Å². The van der Waals surface area contributed by atoms with E-state index in [0.717, 1.165) is 6.42 Å². The highest BCUT2D eigenvalue weighted by atomic mass is 35.5. The highest BCUT2D eigenvalue weighted by Crippen LogP contribution is 2.19. The summed E-state index contributed by atoms with van der Waals surface area (Å²) in [7, 11) is 0. The fraction of sp³-hybridized carbons (Fsp3) is 0.833. The summed E-state index contributed by atoms with van der Waals surface area (Å²) in [6.45, 7) is 5.40. The first-order valence-electron chi connectivity index (χ1n) is 6.40. The molecule has 1 unspecified atom stereocenters. The third-order valence-electron chi connectivity index (χ3n) is 3.43. The van der Waals surface area contributed by atoms with Crippen LogP contribution in [-0.4, -0.2) is 53.6 Å². The van der Waals surface area contributed by atoms with Crippen molar-refractivity contribution in [1.29, 1.82) is 0 Å². The molecular weight excluding hydrogens is 305 g/mol. The van der Waals surface area contributed by atoms with Gasteiger partial charge in [0.05, 0.1) is 0 Å². The Morgan fingerprint density at radius 1 is 1.45 bits per heavy atom. The van der Waals surface area contributed by atoms with E-state index >= 15 is 0 Å². The molecule has 0 radical (unpaired) electrons. The maximum absolute atomic E-state index is 11.1. The van der Waals surface area contributed by atoms with Crippen molar-refractivity contribution in [1.82, 2.24) is 10.2 Å². The number of carboxylic acids is 1. The molecule has 0 aliphatic carbocycles. The number of carbonyl (C=O) groups is 2. The van der Waals surface area contributed by atoms with Gasteiger partial charge in [0.15, 0.2) is 0 Å². The number of hydrogen-bond acceptors (Lipinski definition) is 4. The zero-order chi connectivity index (χ0) is 13.7. The predicted molar refractivity (Wildman–Crippen MR) is 82.5 cm³/mol. The Bertz CT molecular complexity index is 318. The molecule has 1 saturated heterocycles. The Labute approximate surface area is 132 Å². The number of amides is 1. The molecule has 20 heavy (non-hydrogen) atoms. The minimum absolute atomic E-state index is 0. The van der Waals surface area contributed by atoms with Gasteiger partial charge in [-0.1, -0.05) is 13.3 Å². The minimum atomic E-state index is -0.808. The van der Waals surface area contributed by atoms with Crippen molar-refractivity contribution >= 4 is 36.7 Å². The zero-order valence-corrected chi connectivity index (χ0v) is 13.5. The molecule has 1 rings (SSSR count). The van der Waals surface area contributed by atoms with Crippen LogP contribution < -0.4 is 11.1 Å². The number of nitrogens with zero attached hydrogens (tertiary/aromatic N) is 1. The molecule has 1 amide bonds. The van der Waals surface area contributed by atoms with Gasteiger partial charge < -0.3 is 16.2 Å². The van der Waals surface area contributed by atoms with Crippen LogP contribution in [0.5, 0.6) is 0 Å². The Hall–Kier alpha value is -0.560. The molecule has 1 aliphatic rings. The molecule has 0 bridgehead atoms. The van der Waals surface area contributed by atoms with Gasteiger partial charge in [-0.05, 0) is 12.3 Å². The number of rotatable bonds is 6. The quantitative estimate of drug-likeness (QED) is 0.658. The zero-order valence-electron chi connectivity index (χ0n) is 11.9. The van der Waals surface area contributed by atoms with E-state index in [1.807, 2.05) is 11.8 Å². The highest BCUT2D eigenvalue weighted by molar-refractivity contribution is 5.85. The molecule has 0 aromatic carbocycles. The number of hydrogen-bond donors (Lipinski definition) is 3. The molecule has 1 fully saturated rings. The second-order valence-corrected chi connectivity index (χ2v) is 5.02. The van der Waals surface area contributed by atoms with Crippen LogP contribution in [0.3, 0.4) is 0 Å². The van der Waals surface area contributed by atoms with E-state index in [4.69, 9.17) is 10.8 Å². The first-order chi connectivity index (χ1) is 8.43. The lowest BCUT2D eigenvalue weighted by molar-refractivity contribution is -0.142. The number of halogens is 2. The maximum Gasteiger partial charge on any atom is 0.320 e. The van der Waals surface area contributed by atoms with E-state index in [0.29, 0.717) is 26.1 Å². The summed E-state index contributed by atoms with van der Waals surface area (Å²) in [5.41, 5.74) is 5.82. The molecule has 1 aliphatic heterocycles. The molecule has 0 aromatic rings. The summed E-state index contributed by atoms with van der Waals surface area (Å²) in [6.07, 6.45) is 1.41. The number of carboxylic acid groups (broad SMARTS) is 1. The number of nitrogens with one attached hydrogen (secondary N) is 1. The summed E-state index contributed by atoms with van der Waals surface area (Å²) >= 11 is 0. The average molecular weight is 330 g/mol. The van der Waals surface area contributed by atoms with Crippen LogP contribution in [-0.2, 0) is 9.59 Å². The second kappa shape index (κ2) is 10.2. The van der Waals surface area contributed by atoms with Crippen molar-refractivity contribution in [3.05, 3.63) is 0 Å². The van der Waals surface area contributed by atoms with E-state index in [2.05, 4.69) is 5.32 Å². The molecule has 3 atom stereocenters. The molecule has 0 aromatic heterocycles. The fourth-order valence-corrected chi connectivity index (χ4v) is 2.36. The lowest BCUT2D eigenvalue weighted by Gasteiger charge is -2.26. The van der Waals surface area contributed by atoms with Crippen LogP contribution in [0.1, 0.15) is 26.7 Å². The van der Waals surface area contributed by atoms with Gasteiger partial charge in [0.25, 0.3) is 0 Å². The molecule has 120 valence electrons. The van der Waals surface area contributed by atoms with Crippen LogP contribution in [0.15, 0.2) is 0 Å². The number of likely N-dealkylation sites (tertiary alicyclic amines) is 1. The van der Waals surface area contributed by atoms with E-state index in [1.165, 1.54) is 6.92 Å². The van der Waals surface area contributed by atoms with Gasteiger partial charge in [-0.15, -0.1) is 24.8 Å². The van der Waals surface area contributed by atoms with Crippen LogP contribution in [0, 0.1) is 5.92 Å². The first-order valence-corrected chi connectivity index (χ1v) is 6.40. The lowest BCUT2D eigenvalue weighted by Crippen LogP contribution is -2.42. The first kappa shape index (κ1) is 21.7. The van der Waals surface area contributed by atoms with Gasteiger partial charge in [-0.2, -0.15) is 0 Å². The number of carbonyl (C=O) groups excluding carboxylic acids is 1. The van der Waals surface area contributed by atoms with E-state index in [1.54, 1.807) is 0 Å². The van der Waals surface area contributed by atoms with Crippen molar-refractivity contribution < 1.29 is 14.7 Å². The van der Waals surface area contributed by atoms with Crippen molar-refractivity contribution in [2.24, 2.45) is 11.7 Å². The topological polar surface area (TPSA) is 95.7 Å². The average Bonchev–Trinajstić information content (AvgIpc) is 2.65. The molecule has 0 spiro atoms. The molecule has 1 heterocycles. The molecule has 4 N–H and O–H groups in total. The normalized spacial score (nSPS) is 23.4. The maximum atomic E-state index is 11.1. The third-order valence-corrected chi connectivity index (χ3v) is 3.43. The number of nitrogens with two attached hydrogens (primary N) is 1. The Kier molecular flexibility index (Phi) is 11.1. The van der Waals surface area contributed by atoms with Gasteiger partial charge >= 0.3 is 5.97 Å².